The van der Waals surface area contributed by atoms with Crippen LogP contribution in [0.25, 0.3) is 0 Å². The molecule has 6 nitrogen and oxygen atoms in total. The lowest BCUT2D eigenvalue weighted by Gasteiger charge is -2.12. The summed E-state index contributed by atoms with van der Waals surface area (Å²) in [6.07, 6.45) is 2.28. The van der Waals surface area contributed by atoms with Crippen molar-refractivity contribution < 1.29 is 19.1 Å². The summed E-state index contributed by atoms with van der Waals surface area (Å²) in [5.74, 6) is 0.379. The summed E-state index contributed by atoms with van der Waals surface area (Å²) in [5.41, 5.74) is 1.15. The molecule has 0 bridgehead atoms. The number of benzene rings is 2. The predicted molar refractivity (Wildman–Crippen MR) is 102 cm³/mol. The Labute approximate surface area is 158 Å². The van der Waals surface area contributed by atoms with Gasteiger partial charge >= 0.3 is 0 Å². The van der Waals surface area contributed by atoms with Gasteiger partial charge in [0.05, 0.1) is 6.10 Å². The van der Waals surface area contributed by atoms with Crippen molar-refractivity contribution in [1.82, 2.24) is 10.6 Å². The Morgan fingerprint density at radius 1 is 0.926 bits per heavy atom. The van der Waals surface area contributed by atoms with Crippen LogP contribution in [-0.4, -0.2) is 44.2 Å². The first-order valence-corrected chi connectivity index (χ1v) is 9.18. The summed E-state index contributed by atoms with van der Waals surface area (Å²) in [4.78, 5) is 24.1. The third-order valence-corrected chi connectivity index (χ3v) is 4.31. The van der Waals surface area contributed by atoms with E-state index in [2.05, 4.69) is 10.6 Å². The monoisotopic (exact) mass is 368 g/mol. The maximum Gasteiger partial charge on any atom is 0.251 e. The van der Waals surface area contributed by atoms with Crippen molar-refractivity contribution in [2.75, 3.05) is 26.3 Å². The summed E-state index contributed by atoms with van der Waals surface area (Å²) >= 11 is 0. The van der Waals surface area contributed by atoms with E-state index < -0.39 is 0 Å². The Hall–Kier alpha value is -2.86. The van der Waals surface area contributed by atoms with Gasteiger partial charge in [0.15, 0.2) is 0 Å². The molecule has 0 saturated carbocycles. The van der Waals surface area contributed by atoms with Crippen molar-refractivity contribution >= 4 is 11.8 Å². The highest BCUT2D eigenvalue weighted by molar-refractivity contribution is 5.95. The molecule has 0 radical (unpaired) electrons. The van der Waals surface area contributed by atoms with Gasteiger partial charge in [-0.3, -0.25) is 9.59 Å². The van der Waals surface area contributed by atoms with Crippen molar-refractivity contribution in [3.05, 3.63) is 65.7 Å². The maximum atomic E-state index is 12.2. The molecule has 1 aliphatic heterocycles. The molecular weight excluding hydrogens is 344 g/mol. The number of nitrogens with one attached hydrogen (secondary N) is 2. The lowest BCUT2D eigenvalue weighted by atomic mass is 10.2. The van der Waals surface area contributed by atoms with E-state index in [4.69, 9.17) is 9.47 Å². The summed E-state index contributed by atoms with van der Waals surface area (Å²) in [6.45, 7) is 2.06. The Balaban J connectivity index is 1.37. The van der Waals surface area contributed by atoms with Crippen LogP contribution < -0.4 is 15.4 Å². The maximum absolute atomic E-state index is 12.2. The van der Waals surface area contributed by atoms with Gasteiger partial charge in [0.2, 0.25) is 0 Å². The van der Waals surface area contributed by atoms with Gasteiger partial charge in [0, 0.05) is 30.8 Å². The smallest absolute Gasteiger partial charge is 0.251 e. The molecular formula is C21H24N2O4. The molecule has 2 aromatic carbocycles. The van der Waals surface area contributed by atoms with Crippen LogP contribution in [0.15, 0.2) is 54.6 Å². The summed E-state index contributed by atoms with van der Waals surface area (Å²) in [7, 11) is 0. The molecule has 142 valence electrons. The molecule has 6 heteroatoms. The highest BCUT2D eigenvalue weighted by atomic mass is 16.5. The molecule has 1 heterocycles. The fourth-order valence-electron chi connectivity index (χ4n) is 2.81. The van der Waals surface area contributed by atoms with Crippen LogP contribution >= 0.6 is 0 Å². The third kappa shape index (κ3) is 5.82. The van der Waals surface area contributed by atoms with Crippen molar-refractivity contribution in [2.45, 2.75) is 18.9 Å². The minimum atomic E-state index is -0.186. The molecule has 1 aliphatic rings. The van der Waals surface area contributed by atoms with Gasteiger partial charge in [-0.05, 0) is 49.2 Å². The van der Waals surface area contributed by atoms with Crippen LogP contribution in [0.4, 0.5) is 0 Å². The van der Waals surface area contributed by atoms with Gasteiger partial charge in [-0.2, -0.15) is 0 Å². The van der Waals surface area contributed by atoms with Gasteiger partial charge in [-0.1, -0.05) is 18.2 Å². The van der Waals surface area contributed by atoms with E-state index >= 15 is 0 Å². The number of hydrogen-bond donors (Lipinski definition) is 2. The second kappa shape index (κ2) is 9.73. The molecule has 1 unspecified atom stereocenters. The number of amides is 2. The zero-order valence-corrected chi connectivity index (χ0v) is 15.1. The second-order valence-corrected chi connectivity index (χ2v) is 6.35. The van der Waals surface area contributed by atoms with Gasteiger partial charge in [-0.25, -0.2) is 0 Å². The molecule has 0 aromatic heterocycles. The lowest BCUT2D eigenvalue weighted by Crippen LogP contribution is -2.34. The standard InChI is InChI=1S/C21H24N2O4/c24-20(16-5-2-1-3-6-16)22-12-13-23-21(25)17-8-10-18(11-9-17)27-15-19-7-4-14-26-19/h1-3,5-6,8-11,19H,4,7,12-15H2,(H,22,24)(H,23,25). The van der Waals surface area contributed by atoms with Crippen LogP contribution in [0.3, 0.4) is 0 Å². The van der Waals surface area contributed by atoms with Gasteiger partial charge < -0.3 is 20.1 Å². The molecule has 27 heavy (non-hydrogen) atoms. The Morgan fingerprint density at radius 3 is 2.15 bits per heavy atom. The van der Waals surface area contributed by atoms with Crippen molar-refractivity contribution in [3.63, 3.8) is 0 Å². The molecule has 0 aliphatic carbocycles. The third-order valence-electron chi connectivity index (χ3n) is 4.31. The van der Waals surface area contributed by atoms with Gasteiger partial charge in [0.25, 0.3) is 11.8 Å². The number of hydrogen-bond acceptors (Lipinski definition) is 4. The molecule has 2 N–H and O–H groups in total. The average molecular weight is 368 g/mol. The van der Waals surface area contributed by atoms with Crippen LogP contribution in [0.1, 0.15) is 33.6 Å². The number of ether oxygens (including phenoxy) is 2. The quantitative estimate of drug-likeness (QED) is 0.702. The first-order valence-electron chi connectivity index (χ1n) is 9.18. The van der Waals surface area contributed by atoms with E-state index in [0.717, 1.165) is 25.2 Å². The molecule has 2 amide bonds. The first-order chi connectivity index (χ1) is 13.2. The Bertz CT molecular complexity index is 741. The molecule has 2 aromatic rings. The molecule has 3 rings (SSSR count). The lowest BCUT2D eigenvalue weighted by molar-refractivity contribution is 0.0679. The van der Waals surface area contributed by atoms with E-state index in [0.29, 0.717) is 30.8 Å². The number of carbonyl (C=O) groups excluding carboxylic acids is 2. The first kappa shape index (κ1) is 18.9. The number of rotatable bonds is 8. The minimum Gasteiger partial charge on any atom is -0.491 e. The van der Waals surface area contributed by atoms with Gasteiger partial charge in [-0.15, -0.1) is 0 Å². The second-order valence-electron chi connectivity index (χ2n) is 6.35. The van der Waals surface area contributed by atoms with Gasteiger partial charge in [0.1, 0.15) is 12.4 Å². The molecule has 0 spiro atoms. The highest BCUT2D eigenvalue weighted by Gasteiger charge is 2.16. The zero-order chi connectivity index (χ0) is 18.9. The molecule has 1 fully saturated rings. The average Bonchev–Trinajstić information content (AvgIpc) is 3.24. The predicted octanol–water partition coefficient (Wildman–Crippen LogP) is 2.40. The minimum absolute atomic E-state index is 0.155. The van der Waals surface area contributed by atoms with E-state index in [-0.39, 0.29) is 17.9 Å². The van der Waals surface area contributed by atoms with Crippen molar-refractivity contribution in [1.29, 1.82) is 0 Å². The van der Waals surface area contributed by atoms with Crippen molar-refractivity contribution in [3.8, 4) is 5.75 Å². The van der Waals surface area contributed by atoms with Crippen LogP contribution in [0.2, 0.25) is 0 Å². The van der Waals surface area contributed by atoms with Crippen molar-refractivity contribution in [2.24, 2.45) is 0 Å². The van der Waals surface area contributed by atoms with E-state index in [1.165, 1.54) is 0 Å². The summed E-state index contributed by atoms with van der Waals surface area (Å²) in [5, 5.41) is 5.56. The van der Waals surface area contributed by atoms with Crippen LogP contribution in [-0.2, 0) is 4.74 Å². The summed E-state index contributed by atoms with van der Waals surface area (Å²) in [6, 6.07) is 16.0. The Morgan fingerprint density at radius 2 is 1.56 bits per heavy atom. The van der Waals surface area contributed by atoms with E-state index in [9.17, 15) is 9.59 Å². The summed E-state index contributed by atoms with van der Waals surface area (Å²) < 4.78 is 11.2. The highest BCUT2D eigenvalue weighted by Crippen LogP contribution is 2.16. The van der Waals surface area contributed by atoms with E-state index in [1.807, 2.05) is 18.2 Å². The largest absolute Gasteiger partial charge is 0.491 e. The number of carbonyl (C=O) groups is 2. The fraction of sp³-hybridized carbons (Fsp3) is 0.333. The van der Waals surface area contributed by atoms with Crippen LogP contribution in [0.5, 0.6) is 5.75 Å². The molecule has 1 atom stereocenters. The van der Waals surface area contributed by atoms with Crippen LogP contribution in [0, 0.1) is 0 Å². The normalized spacial score (nSPS) is 15.9. The Kier molecular flexibility index (Phi) is 6.82. The fourth-order valence-corrected chi connectivity index (χ4v) is 2.81. The topological polar surface area (TPSA) is 76.7 Å². The zero-order valence-electron chi connectivity index (χ0n) is 15.1. The SMILES string of the molecule is O=C(NCCNC(=O)c1ccc(OCC2CCCO2)cc1)c1ccccc1. The molecule has 1 saturated heterocycles. The van der Waals surface area contributed by atoms with E-state index in [1.54, 1.807) is 36.4 Å².